The molecule has 1 fully saturated rings. The van der Waals surface area contributed by atoms with E-state index in [1.807, 2.05) is 0 Å². The second-order valence-corrected chi connectivity index (χ2v) is 4.23. The molecule has 17 heavy (non-hydrogen) atoms. The van der Waals surface area contributed by atoms with Crippen molar-refractivity contribution in [2.24, 2.45) is 0 Å². The molecule has 0 aromatic heterocycles. The standard InChI is InChI=1S/C13H15FO3/c1-9-6-10(8-11(14)7-9)13(15)17-12-2-4-16-5-3-12/h6-8,12H,2-5H2,1H3. The molecule has 0 spiro atoms. The Balaban J connectivity index is 2.03. The fourth-order valence-corrected chi connectivity index (χ4v) is 1.87. The number of ether oxygens (including phenoxy) is 2. The summed E-state index contributed by atoms with van der Waals surface area (Å²) in [4.78, 5) is 11.8. The van der Waals surface area contributed by atoms with Gasteiger partial charge in [0, 0.05) is 12.8 Å². The number of carbonyl (C=O) groups is 1. The zero-order chi connectivity index (χ0) is 12.3. The fraction of sp³-hybridized carbons (Fsp3) is 0.462. The highest BCUT2D eigenvalue weighted by atomic mass is 19.1. The lowest BCUT2D eigenvalue weighted by molar-refractivity contribution is -0.0159. The van der Waals surface area contributed by atoms with Crippen molar-refractivity contribution in [3.8, 4) is 0 Å². The second kappa shape index (κ2) is 5.27. The first-order valence-electron chi connectivity index (χ1n) is 5.71. The van der Waals surface area contributed by atoms with Gasteiger partial charge >= 0.3 is 5.97 Å². The Morgan fingerprint density at radius 1 is 1.35 bits per heavy atom. The normalized spacial score (nSPS) is 16.8. The third-order valence-electron chi connectivity index (χ3n) is 2.72. The highest BCUT2D eigenvalue weighted by Crippen LogP contribution is 2.15. The fourth-order valence-electron chi connectivity index (χ4n) is 1.87. The molecule has 0 atom stereocenters. The van der Waals surface area contributed by atoms with Crippen LogP contribution in [0.4, 0.5) is 4.39 Å². The van der Waals surface area contributed by atoms with Gasteiger partial charge in [-0.2, -0.15) is 0 Å². The molecule has 0 N–H and O–H groups in total. The molecule has 0 aliphatic carbocycles. The lowest BCUT2D eigenvalue weighted by Crippen LogP contribution is -2.26. The first-order chi connectivity index (χ1) is 8.15. The zero-order valence-electron chi connectivity index (χ0n) is 9.74. The molecular weight excluding hydrogens is 223 g/mol. The second-order valence-electron chi connectivity index (χ2n) is 4.23. The minimum Gasteiger partial charge on any atom is -0.459 e. The van der Waals surface area contributed by atoms with Gasteiger partial charge in [0.1, 0.15) is 11.9 Å². The third kappa shape index (κ3) is 3.27. The summed E-state index contributed by atoms with van der Waals surface area (Å²) >= 11 is 0. The Morgan fingerprint density at radius 3 is 2.71 bits per heavy atom. The molecule has 0 bridgehead atoms. The van der Waals surface area contributed by atoms with Crippen molar-refractivity contribution in [3.63, 3.8) is 0 Å². The van der Waals surface area contributed by atoms with Gasteiger partial charge in [-0.1, -0.05) is 0 Å². The minimum absolute atomic E-state index is 0.111. The van der Waals surface area contributed by atoms with E-state index in [1.54, 1.807) is 13.0 Å². The van der Waals surface area contributed by atoms with Crippen LogP contribution in [0, 0.1) is 12.7 Å². The van der Waals surface area contributed by atoms with Crippen molar-refractivity contribution in [3.05, 3.63) is 35.1 Å². The van der Waals surface area contributed by atoms with E-state index in [2.05, 4.69) is 0 Å². The number of aryl methyl sites for hydroxylation is 1. The Bertz CT molecular complexity index is 391. The topological polar surface area (TPSA) is 35.5 Å². The number of hydrogen-bond acceptors (Lipinski definition) is 3. The summed E-state index contributed by atoms with van der Waals surface area (Å²) in [6.45, 7) is 2.97. The maximum absolute atomic E-state index is 13.1. The van der Waals surface area contributed by atoms with Crippen LogP contribution in [0.15, 0.2) is 18.2 Å². The summed E-state index contributed by atoms with van der Waals surface area (Å²) in [5.41, 5.74) is 0.984. The van der Waals surface area contributed by atoms with Crippen LogP contribution in [0.3, 0.4) is 0 Å². The average Bonchev–Trinajstić information content (AvgIpc) is 2.29. The molecule has 1 heterocycles. The summed E-state index contributed by atoms with van der Waals surface area (Å²) in [7, 11) is 0. The van der Waals surface area contributed by atoms with Crippen LogP contribution in [0.25, 0.3) is 0 Å². The molecule has 1 aliphatic rings. The van der Waals surface area contributed by atoms with E-state index >= 15 is 0 Å². The van der Waals surface area contributed by atoms with Gasteiger partial charge in [-0.05, 0) is 30.7 Å². The summed E-state index contributed by atoms with van der Waals surface area (Å²) in [5, 5.41) is 0. The molecule has 0 saturated carbocycles. The molecule has 0 radical (unpaired) electrons. The van der Waals surface area contributed by atoms with Crippen LogP contribution in [-0.4, -0.2) is 25.3 Å². The Kier molecular flexibility index (Phi) is 3.74. The molecule has 1 aliphatic heterocycles. The smallest absolute Gasteiger partial charge is 0.338 e. The van der Waals surface area contributed by atoms with Crippen molar-refractivity contribution in [1.29, 1.82) is 0 Å². The summed E-state index contributed by atoms with van der Waals surface area (Å²) < 4.78 is 23.6. The number of rotatable bonds is 2. The van der Waals surface area contributed by atoms with E-state index in [0.717, 1.165) is 0 Å². The molecule has 0 unspecified atom stereocenters. The van der Waals surface area contributed by atoms with Gasteiger partial charge in [-0.3, -0.25) is 0 Å². The first kappa shape index (κ1) is 12.0. The van der Waals surface area contributed by atoms with Crippen molar-refractivity contribution in [2.45, 2.75) is 25.9 Å². The average molecular weight is 238 g/mol. The number of halogens is 1. The molecule has 1 aromatic carbocycles. The molecule has 3 nitrogen and oxygen atoms in total. The number of hydrogen-bond donors (Lipinski definition) is 0. The molecule has 92 valence electrons. The summed E-state index contributed by atoms with van der Waals surface area (Å²) in [5.74, 6) is -0.872. The van der Waals surface area contributed by atoms with Crippen molar-refractivity contribution in [1.82, 2.24) is 0 Å². The summed E-state index contributed by atoms with van der Waals surface area (Å²) in [6, 6.07) is 4.21. The van der Waals surface area contributed by atoms with Gasteiger partial charge < -0.3 is 9.47 Å². The lowest BCUT2D eigenvalue weighted by atomic mass is 10.1. The third-order valence-corrected chi connectivity index (χ3v) is 2.72. The van der Waals surface area contributed by atoms with Gasteiger partial charge in [-0.15, -0.1) is 0 Å². The lowest BCUT2D eigenvalue weighted by Gasteiger charge is -2.22. The Labute approximate surface area is 99.5 Å². The predicted molar refractivity (Wildman–Crippen MR) is 60.4 cm³/mol. The quantitative estimate of drug-likeness (QED) is 0.742. The van der Waals surface area contributed by atoms with Crippen LogP contribution >= 0.6 is 0 Å². The summed E-state index contributed by atoms with van der Waals surface area (Å²) in [6.07, 6.45) is 1.31. The van der Waals surface area contributed by atoms with E-state index < -0.39 is 11.8 Å². The number of carbonyl (C=O) groups excluding carboxylic acids is 1. The van der Waals surface area contributed by atoms with E-state index in [1.165, 1.54) is 12.1 Å². The van der Waals surface area contributed by atoms with E-state index in [0.29, 0.717) is 31.6 Å². The highest BCUT2D eigenvalue weighted by molar-refractivity contribution is 5.89. The van der Waals surface area contributed by atoms with Crippen LogP contribution in [0.2, 0.25) is 0 Å². The number of esters is 1. The molecule has 2 rings (SSSR count). The largest absolute Gasteiger partial charge is 0.459 e. The Hall–Kier alpha value is -1.42. The molecule has 1 aromatic rings. The van der Waals surface area contributed by atoms with Gasteiger partial charge in [-0.25, -0.2) is 9.18 Å². The van der Waals surface area contributed by atoms with Crippen LogP contribution in [-0.2, 0) is 9.47 Å². The van der Waals surface area contributed by atoms with E-state index in [-0.39, 0.29) is 11.7 Å². The monoisotopic (exact) mass is 238 g/mol. The molecule has 1 saturated heterocycles. The molecule has 0 amide bonds. The van der Waals surface area contributed by atoms with Gasteiger partial charge in [0.25, 0.3) is 0 Å². The van der Waals surface area contributed by atoms with Gasteiger partial charge in [0.2, 0.25) is 0 Å². The first-order valence-corrected chi connectivity index (χ1v) is 5.71. The maximum atomic E-state index is 13.1. The predicted octanol–water partition coefficient (Wildman–Crippen LogP) is 2.47. The van der Waals surface area contributed by atoms with Crippen molar-refractivity contribution < 1.29 is 18.7 Å². The highest BCUT2D eigenvalue weighted by Gasteiger charge is 2.19. The van der Waals surface area contributed by atoms with Gasteiger partial charge in [0.05, 0.1) is 18.8 Å². The van der Waals surface area contributed by atoms with Crippen molar-refractivity contribution in [2.75, 3.05) is 13.2 Å². The molecular formula is C13H15FO3. The number of benzene rings is 1. The van der Waals surface area contributed by atoms with E-state index in [4.69, 9.17) is 9.47 Å². The maximum Gasteiger partial charge on any atom is 0.338 e. The van der Waals surface area contributed by atoms with Gasteiger partial charge in [0.15, 0.2) is 0 Å². The van der Waals surface area contributed by atoms with Crippen LogP contribution in [0.5, 0.6) is 0 Å². The SMILES string of the molecule is Cc1cc(F)cc(C(=O)OC2CCOCC2)c1. The van der Waals surface area contributed by atoms with Crippen LogP contribution < -0.4 is 0 Å². The Morgan fingerprint density at radius 2 is 2.06 bits per heavy atom. The van der Waals surface area contributed by atoms with Crippen molar-refractivity contribution >= 4 is 5.97 Å². The minimum atomic E-state index is -0.459. The zero-order valence-corrected chi connectivity index (χ0v) is 9.74. The van der Waals surface area contributed by atoms with E-state index in [9.17, 15) is 9.18 Å². The van der Waals surface area contributed by atoms with Crippen LogP contribution in [0.1, 0.15) is 28.8 Å². The molecule has 4 heteroatoms.